The number of nitrogens with one attached hydrogen (secondary N) is 2. The molecule has 2 heterocycles. The Bertz CT molecular complexity index is 1210. The van der Waals surface area contributed by atoms with Crippen molar-refractivity contribution < 1.29 is 4.74 Å². The molecule has 0 saturated heterocycles. The Labute approximate surface area is 182 Å². The molecule has 0 atom stereocenters. The Kier molecular flexibility index (Phi) is 5.30. The van der Waals surface area contributed by atoms with E-state index in [2.05, 4.69) is 65.0 Å². The van der Waals surface area contributed by atoms with Crippen LogP contribution in [0.15, 0.2) is 61.1 Å². The molecule has 1 aliphatic rings. The highest BCUT2D eigenvalue weighted by atomic mass is 16.5. The van der Waals surface area contributed by atoms with Gasteiger partial charge in [-0.25, -0.2) is 9.97 Å². The Morgan fingerprint density at radius 1 is 1.16 bits per heavy atom. The first-order valence-corrected chi connectivity index (χ1v) is 10.8. The number of hydrogen-bond acceptors (Lipinski definition) is 5. The number of fused-ring (bicyclic) bond motifs is 1. The molecule has 158 valence electrons. The lowest BCUT2D eigenvalue weighted by molar-refractivity contribution is 0.410. The molecule has 5 rings (SSSR count). The maximum atomic E-state index is 5.65. The number of ether oxygens (including phenoxy) is 1. The summed E-state index contributed by atoms with van der Waals surface area (Å²) in [5.41, 5.74) is 6.23. The summed E-state index contributed by atoms with van der Waals surface area (Å²) in [5, 5.41) is 6.85. The lowest BCUT2D eigenvalue weighted by atomic mass is 10.1. The van der Waals surface area contributed by atoms with Crippen LogP contribution in [-0.2, 0) is 6.54 Å². The fourth-order valence-electron chi connectivity index (χ4n) is 3.92. The Balaban J connectivity index is 1.50. The fraction of sp³-hybridized carbons (Fsp3) is 0.280. The first-order chi connectivity index (χ1) is 15.2. The minimum Gasteiger partial charge on any atom is -0.496 e. The van der Waals surface area contributed by atoms with Crippen molar-refractivity contribution in [2.45, 2.75) is 32.2 Å². The predicted octanol–water partition coefficient (Wildman–Crippen LogP) is 5.14. The standard InChI is InChI=1S/C25H27N5O/c1-3-26-15-17-5-4-6-19(13-17)22-16-30-12-11-27-25(30)24(29-22)28-20-9-10-21(18-7-8-18)23(14-20)31-2/h4-6,9-14,16,18,26H,3,7-8,15H2,1-2H3,(H,28,29). The third-order valence-electron chi connectivity index (χ3n) is 5.69. The van der Waals surface area contributed by atoms with E-state index in [-0.39, 0.29) is 0 Å². The summed E-state index contributed by atoms with van der Waals surface area (Å²) in [5.74, 6) is 2.29. The van der Waals surface area contributed by atoms with Crippen molar-refractivity contribution in [1.29, 1.82) is 0 Å². The average Bonchev–Trinajstić information content (AvgIpc) is 3.54. The molecular formula is C25H27N5O. The second-order valence-corrected chi connectivity index (χ2v) is 7.97. The second-order valence-electron chi connectivity index (χ2n) is 7.97. The SMILES string of the molecule is CCNCc1cccc(-c2cn3ccnc3c(Nc3ccc(C4CC4)c(OC)c3)n2)c1. The van der Waals surface area contributed by atoms with Crippen LogP contribution < -0.4 is 15.4 Å². The van der Waals surface area contributed by atoms with E-state index in [0.29, 0.717) is 5.92 Å². The van der Waals surface area contributed by atoms with Crippen LogP contribution in [-0.4, -0.2) is 28.0 Å². The maximum Gasteiger partial charge on any atom is 0.180 e. The van der Waals surface area contributed by atoms with Gasteiger partial charge in [-0.1, -0.05) is 31.2 Å². The predicted molar refractivity (Wildman–Crippen MR) is 124 cm³/mol. The van der Waals surface area contributed by atoms with Gasteiger partial charge in [-0.2, -0.15) is 0 Å². The summed E-state index contributed by atoms with van der Waals surface area (Å²) >= 11 is 0. The number of benzene rings is 2. The van der Waals surface area contributed by atoms with Gasteiger partial charge in [-0.3, -0.25) is 0 Å². The molecule has 2 N–H and O–H groups in total. The summed E-state index contributed by atoms with van der Waals surface area (Å²) in [7, 11) is 1.73. The van der Waals surface area contributed by atoms with Crippen molar-refractivity contribution in [3.8, 4) is 17.0 Å². The maximum absolute atomic E-state index is 5.65. The van der Waals surface area contributed by atoms with Crippen LogP contribution in [0, 0.1) is 0 Å². The molecule has 31 heavy (non-hydrogen) atoms. The van der Waals surface area contributed by atoms with E-state index in [1.54, 1.807) is 13.3 Å². The van der Waals surface area contributed by atoms with E-state index in [4.69, 9.17) is 9.72 Å². The van der Waals surface area contributed by atoms with E-state index >= 15 is 0 Å². The van der Waals surface area contributed by atoms with E-state index in [0.717, 1.165) is 47.2 Å². The molecule has 0 aliphatic heterocycles. The molecule has 2 aromatic heterocycles. The minimum absolute atomic E-state index is 0.638. The largest absolute Gasteiger partial charge is 0.496 e. The highest BCUT2D eigenvalue weighted by Crippen LogP contribution is 2.45. The van der Waals surface area contributed by atoms with Crippen LogP contribution in [0.1, 0.15) is 36.8 Å². The highest BCUT2D eigenvalue weighted by Gasteiger charge is 2.26. The summed E-state index contributed by atoms with van der Waals surface area (Å²) in [6, 6.07) is 14.8. The van der Waals surface area contributed by atoms with E-state index in [1.807, 2.05) is 16.8 Å². The van der Waals surface area contributed by atoms with Crippen LogP contribution in [0.25, 0.3) is 16.9 Å². The van der Waals surface area contributed by atoms with Gasteiger partial charge in [0.1, 0.15) is 5.75 Å². The van der Waals surface area contributed by atoms with Crippen molar-refractivity contribution in [3.05, 3.63) is 72.2 Å². The summed E-state index contributed by atoms with van der Waals surface area (Å²) in [4.78, 5) is 9.43. The monoisotopic (exact) mass is 413 g/mol. The van der Waals surface area contributed by atoms with Crippen molar-refractivity contribution in [3.63, 3.8) is 0 Å². The molecule has 6 nitrogen and oxygen atoms in total. The molecule has 0 bridgehead atoms. The van der Waals surface area contributed by atoms with Crippen LogP contribution in [0.4, 0.5) is 11.5 Å². The van der Waals surface area contributed by atoms with Gasteiger partial charge in [0.05, 0.1) is 12.8 Å². The van der Waals surface area contributed by atoms with Gasteiger partial charge < -0.3 is 19.8 Å². The molecule has 1 aliphatic carbocycles. The summed E-state index contributed by atoms with van der Waals surface area (Å²) < 4.78 is 7.66. The Morgan fingerprint density at radius 3 is 2.87 bits per heavy atom. The number of hydrogen-bond donors (Lipinski definition) is 2. The Morgan fingerprint density at radius 2 is 2.06 bits per heavy atom. The van der Waals surface area contributed by atoms with E-state index < -0.39 is 0 Å². The van der Waals surface area contributed by atoms with Crippen molar-refractivity contribution in [2.24, 2.45) is 0 Å². The van der Waals surface area contributed by atoms with Crippen LogP contribution in [0.5, 0.6) is 5.75 Å². The zero-order valence-corrected chi connectivity index (χ0v) is 17.9. The lowest BCUT2D eigenvalue weighted by Crippen LogP contribution is -2.11. The number of aromatic nitrogens is 3. The van der Waals surface area contributed by atoms with E-state index in [1.165, 1.54) is 24.0 Å². The van der Waals surface area contributed by atoms with Gasteiger partial charge in [0.2, 0.25) is 0 Å². The molecule has 1 saturated carbocycles. The van der Waals surface area contributed by atoms with Crippen molar-refractivity contribution in [1.82, 2.24) is 19.7 Å². The molecule has 0 amide bonds. The quantitative estimate of drug-likeness (QED) is 0.419. The van der Waals surface area contributed by atoms with Crippen molar-refractivity contribution in [2.75, 3.05) is 19.0 Å². The van der Waals surface area contributed by atoms with Gasteiger partial charge in [0.15, 0.2) is 11.5 Å². The first kappa shape index (κ1) is 19.6. The van der Waals surface area contributed by atoms with Gasteiger partial charge >= 0.3 is 0 Å². The number of imidazole rings is 1. The molecule has 2 aromatic carbocycles. The number of methoxy groups -OCH3 is 1. The zero-order chi connectivity index (χ0) is 21.2. The highest BCUT2D eigenvalue weighted by molar-refractivity contribution is 5.74. The normalized spacial score (nSPS) is 13.5. The topological polar surface area (TPSA) is 63.5 Å². The number of nitrogens with zero attached hydrogens (tertiary/aromatic N) is 3. The Hall–Kier alpha value is -3.38. The van der Waals surface area contributed by atoms with Gasteiger partial charge in [0, 0.05) is 42.5 Å². The smallest absolute Gasteiger partial charge is 0.180 e. The number of rotatable bonds is 8. The van der Waals surface area contributed by atoms with Gasteiger partial charge in [0.25, 0.3) is 0 Å². The molecule has 0 spiro atoms. The van der Waals surface area contributed by atoms with Crippen LogP contribution in [0.3, 0.4) is 0 Å². The summed E-state index contributed by atoms with van der Waals surface area (Å²) in [6.45, 7) is 3.90. The molecule has 0 radical (unpaired) electrons. The third-order valence-corrected chi connectivity index (χ3v) is 5.69. The van der Waals surface area contributed by atoms with Crippen LogP contribution in [0.2, 0.25) is 0 Å². The van der Waals surface area contributed by atoms with Gasteiger partial charge in [-0.05, 0) is 48.6 Å². The fourth-order valence-corrected chi connectivity index (χ4v) is 3.92. The molecule has 4 aromatic rings. The first-order valence-electron chi connectivity index (χ1n) is 10.8. The lowest BCUT2D eigenvalue weighted by Gasteiger charge is -2.13. The minimum atomic E-state index is 0.638. The molecule has 1 fully saturated rings. The third kappa shape index (κ3) is 4.11. The van der Waals surface area contributed by atoms with Crippen molar-refractivity contribution >= 4 is 17.2 Å². The van der Waals surface area contributed by atoms with E-state index in [9.17, 15) is 0 Å². The zero-order valence-electron chi connectivity index (χ0n) is 17.9. The second kappa shape index (κ2) is 8.40. The summed E-state index contributed by atoms with van der Waals surface area (Å²) in [6.07, 6.45) is 8.26. The molecular weight excluding hydrogens is 386 g/mol. The number of anilines is 2. The molecule has 0 unspecified atom stereocenters. The average molecular weight is 414 g/mol. The molecule has 6 heteroatoms. The van der Waals surface area contributed by atoms with Gasteiger partial charge in [-0.15, -0.1) is 0 Å². The van der Waals surface area contributed by atoms with Crippen LogP contribution >= 0.6 is 0 Å².